The molecule has 0 N–H and O–H groups in total. The molecule has 1 aromatic carbocycles. The summed E-state index contributed by atoms with van der Waals surface area (Å²) in [6.07, 6.45) is -2.23. The van der Waals surface area contributed by atoms with E-state index in [1.807, 2.05) is 0 Å². The maximum absolute atomic E-state index is 12.5. The Kier molecular flexibility index (Phi) is 3.90. The highest BCUT2D eigenvalue weighted by Crippen LogP contribution is 2.27. The third kappa shape index (κ3) is 2.58. The van der Waals surface area contributed by atoms with Crippen molar-refractivity contribution in [2.24, 2.45) is 0 Å². The first-order chi connectivity index (χ1) is 6.97. The molecule has 5 heteroatoms. The highest BCUT2D eigenvalue weighted by atomic mass is 127. The molecule has 0 aliphatic heterocycles. The SMILES string of the molecule is CC(=O)c1cc(I)c(C(F)F)cc1C=O. The van der Waals surface area contributed by atoms with Gasteiger partial charge in [-0.2, -0.15) is 0 Å². The summed E-state index contributed by atoms with van der Waals surface area (Å²) in [4.78, 5) is 21.7. The van der Waals surface area contributed by atoms with Crippen LogP contribution < -0.4 is 0 Å². The Hall–Kier alpha value is -0.850. The van der Waals surface area contributed by atoms with E-state index in [1.165, 1.54) is 13.0 Å². The molecule has 2 nitrogen and oxygen atoms in total. The number of aldehydes is 1. The molecule has 0 aliphatic carbocycles. The zero-order chi connectivity index (χ0) is 11.6. The summed E-state index contributed by atoms with van der Waals surface area (Å²) in [5.74, 6) is -0.309. The van der Waals surface area contributed by atoms with Gasteiger partial charge >= 0.3 is 0 Å². The van der Waals surface area contributed by atoms with Gasteiger partial charge in [-0.15, -0.1) is 0 Å². The molecule has 0 aromatic heterocycles. The van der Waals surface area contributed by atoms with Crippen molar-refractivity contribution in [1.82, 2.24) is 0 Å². The standard InChI is InChI=1S/C10H7F2IO2/c1-5(15)7-3-9(13)8(10(11)12)2-6(7)4-14/h2-4,10H,1H3. The van der Waals surface area contributed by atoms with Gasteiger partial charge in [-0.3, -0.25) is 9.59 Å². The summed E-state index contributed by atoms with van der Waals surface area (Å²) >= 11 is 1.72. The Morgan fingerprint density at radius 3 is 2.47 bits per heavy atom. The zero-order valence-corrected chi connectivity index (χ0v) is 9.92. The van der Waals surface area contributed by atoms with Gasteiger partial charge in [0.25, 0.3) is 6.43 Å². The van der Waals surface area contributed by atoms with Gasteiger partial charge in [-0.25, -0.2) is 8.78 Å². The van der Waals surface area contributed by atoms with Crippen LogP contribution in [0.3, 0.4) is 0 Å². The lowest BCUT2D eigenvalue weighted by molar-refractivity contribution is 0.100. The first-order valence-electron chi connectivity index (χ1n) is 4.05. The Morgan fingerprint density at radius 2 is 2.07 bits per heavy atom. The summed E-state index contributed by atoms with van der Waals surface area (Å²) < 4.78 is 25.2. The smallest absolute Gasteiger partial charge is 0.264 e. The number of carbonyl (C=O) groups is 2. The molecular weight excluding hydrogens is 317 g/mol. The van der Waals surface area contributed by atoms with Gasteiger partial charge in [0.05, 0.1) is 0 Å². The topological polar surface area (TPSA) is 34.1 Å². The van der Waals surface area contributed by atoms with Crippen molar-refractivity contribution in [2.45, 2.75) is 13.3 Å². The second kappa shape index (κ2) is 4.78. The van der Waals surface area contributed by atoms with Gasteiger partial charge in [-0.05, 0) is 41.6 Å². The van der Waals surface area contributed by atoms with Crippen LogP contribution in [0.5, 0.6) is 0 Å². The van der Waals surface area contributed by atoms with Gasteiger partial charge in [-0.1, -0.05) is 0 Å². The Bertz CT molecular complexity index is 416. The molecule has 1 rings (SSSR count). The van der Waals surface area contributed by atoms with Crippen LogP contribution in [0.25, 0.3) is 0 Å². The van der Waals surface area contributed by atoms with E-state index in [9.17, 15) is 18.4 Å². The van der Waals surface area contributed by atoms with E-state index >= 15 is 0 Å². The van der Waals surface area contributed by atoms with E-state index in [1.54, 1.807) is 22.6 Å². The fourth-order valence-corrected chi connectivity index (χ4v) is 1.88. The number of hydrogen-bond acceptors (Lipinski definition) is 2. The van der Waals surface area contributed by atoms with Crippen LogP contribution >= 0.6 is 22.6 Å². The lowest BCUT2D eigenvalue weighted by Crippen LogP contribution is -2.02. The monoisotopic (exact) mass is 324 g/mol. The van der Waals surface area contributed by atoms with Crippen LogP contribution in [-0.2, 0) is 0 Å². The lowest BCUT2D eigenvalue weighted by Gasteiger charge is -2.07. The van der Waals surface area contributed by atoms with Crippen LogP contribution in [0.1, 0.15) is 39.6 Å². The van der Waals surface area contributed by atoms with Crippen molar-refractivity contribution in [3.05, 3.63) is 32.4 Å². The number of carbonyl (C=O) groups excluding carboxylic acids is 2. The number of Topliss-reactive ketones (excluding diaryl/α,β-unsaturated/α-hetero) is 1. The van der Waals surface area contributed by atoms with E-state index < -0.39 is 6.43 Å². The van der Waals surface area contributed by atoms with Crippen molar-refractivity contribution in [1.29, 1.82) is 0 Å². The molecule has 0 amide bonds. The number of hydrogen-bond donors (Lipinski definition) is 0. The van der Waals surface area contributed by atoms with Crippen molar-refractivity contribution < 1.29 is 18.4 Å². The number of rotatable bonds is 3. The molecule has 0 spiro atoms. The third-order valence-corrected chi connectivity index (χ3v) is 2.84. The van der Waals surface area contributed by atoms with E-state index in [-0.39, 0.29) is 22.5 Å². The third-order valence-electron chi connectivity index (χ3n) is 1.91. The molecule has 0 atom stereocenters. The molecule has 0 unspecified atom stereocenters. The number of alkyl halides is 2. The van der Waals surface area contributed by atoms with Crippen molar-refractivity contribution >= 4 is 34.7 Å². The predicted octanol–water partition coefficient (Wildman–Crippen LogP) is 3.24. The summed E-state index contributed by atoms with van der Waals surface area (Å²) in [6, 6.07) is 2.38. The highest BCUT2D eigenvalue weighted by Gasteiger charge is 2.16. The fourth-order valence-electron chi connectivity index (χ4n) is 1.18. The molecule has 0 radical (unpaired) electrons. The molecule has 80 valence electrons. The quantitative estimate of drug-likeness (QED) is 0.486. The van der Waals surface area contributed by atoms with E-state index in [4.69, 9.17) is 0 Å². The maximum Gasteiger partial charge on any atom is 0.264 e. The van der Waals surface area contributed by atoms with Crippen LogP contribution in [0.2, 0.25) is 0 Å². The summed E-state index contributed by atoms with van der Waals surface area (Å²) in [6.45, 7) is 1.29. The molecule has 1 aromatic rings. The van der Waals surface area contributed by atoms with Crippen LogP contribution in [0, 0.1) is 3.57 Å². The first kappa shape index (κ1) is 12.2. The van der Waals surface area contributed by atoms with Crippen LogP contribution in [0.4, 0.5) is 8.78 Å². The van der Waals surface area contributed by atoms with Crippen molar-refractivity contribution in [2.75, 3.05) is 0 Å². The number of benzene rings is 1. The lowest BCUT2D eigenvalue weighted by atomic mass is 10.0. The molecule has 0 saturated heterocycles. The summed E-state index contributed by atoms with van der Waals surface area (Å²) in [5, 5.41) is 0. The minimum atomic E-state index is -2.64. The van der Waals surface area contributed by atoms with Gasteiger partial charge in [0.2, 0.25) is 0 Å². The minimum absolute atomic E-state index is 0.0122. The Labute approximate surface area is 98.8 Å². The molecule has 0 saturated carbocycles. The molecule has 0 heterocycles. The zero-order valence-electron chi connectivity index (χ0n) is 7.76. The summed E-state index contributed by atoms with van der Waals surface area (Å²) in [5.41, 5.74) is -0.0280. The second-order valence-corrected chi connectivity index (χ2v) is 4.10. The molecule has 0 fully saturated rings. The molecule has 0 aliphatic rings. The van der Waals surface area contributed by atoms with Crippen molar-refractivity contribution in [3.8, 4) is 0 Å². The van der Waals surface area contributed by atoms with E-state index in [0.717, 1.165) is 6.07 Å². The second-order valence-electron chi connectivity index (χ2n) is 2.94. The largest absolute Gasteiger partial charge is 0.298 e. The first-order valence-corrected chi connectivity index (χ1v) is 5.13. The molecule has 0 bridgehead atoms. The van der Waals surface area contributed by atoms with Gasteiger partial charge in [0, 0.05) is 20.3 Å². The Balaban J connectivity index is 3.42. The molecular formula is C10H7F2IO2. The van der Waals surface area contributed by atoms with Gasteiger partial charge in [0.1, 0.15) is 0 Å². The summed E-state index contributed by atoms with van der Waals surface area (Å²) in [7, 11) is 0. The van der Waals surface area contributed by atoms with E-state index in [0.29, 0.717) is 9.86 Å². The highest BCUT2D eigenvalue weighted by molar-refractivity contribution is 14.1. The average molecular weight is 324 g/mol. The Morgan fingerprint density at radius 1 is 1.47 bits per heavy atom. The van der Waals surface area contributed by atoms with Crippen LogP contribution in [0.15, 0.2) is 12.1 Å². The average Bonchev–Trinajstić information content (AvgIpc) is 2.16. The predicted molar refractivity (Wildman–Crippen MR) is 59.5 cm³/mol. The normalized spacial score (nSPS) is 10.5. The minimum Gasteiger partial charge on any atom is -0.298 e. The maximum atomic E-state index is 12.5. The van der Waals surface area contributed by atoms with E-state index in [2.05, 4.69) is 0 Å². The number of ketones is 1. The fraction of sp³-hybridized carbons (Fsp3) is 0.200. The van der Waals surface area contributed by atoms with Gasteiger partial charge < -0.3 is 0 Å². The van der Waals surface area contributed by atoms with Crippen molar-refractivity contribution in [3.63, 3.8) is 0 Å². The van der Waals surface area contributed by atoms with Gasteiger partial charge in [0.15, 0.2) is 12.1 Å². The molecule has 15 heavy (non-hydrogen) atoms. The van der Waals surface area contributed by atoms with Crippen LogP contribution in [-0.4, -0.2) is 12.1 Å². The number of halogens is 3.